The molecule has 3 atom stereocenters. The van der Waals surface area contributed by atoms with E-state index in [0.29, 0.717) is 18.5 Å². The zero-order valence-electron chi connectivity index (χ0n) is 10.7. The Labute approximate surface area is 98.6 Å². The summed E-state index contributed by atoms with van der Waals surface area (Å²) in [6, 6.07) is 0.894. The minimum atomic E-state index is 0.00341. The number of piperidine rings is 1. The van der Waals surface area contributed by atoms with Gasteiger partial charge < -0.3 is 16.0 Å². The smallest absolute Gasteiger partial charge is 0.221 e. The van der Waals surface area contributed by atoms with E-state index in [1.807, 2.05) is 6.92 Å². The SMILES string of the molecule is CCC(N)CC(=O)NC1CCN(C)C(C)C1. The number of nitrogens with one attached hydrogen (secondary N) is 1. The highest BCUT2D eigenvalue weighted by molar-refractivity contribution is 5.76. The van der Waals surface area contributed by atoms with E-state index in [1.165, 1.54) is 0 Å². The second-order valence-corrected chi connectivity index (χ2v) is 4.99. The molecule has 3 unspecified atom stereocenters. The predicted molar refractivity (Wildman–Crippen MR) is 66.1 cm³/mol. The van der Waals surface area contributed by atoms with Gasteiger partial charge in [-0.3, -0.25) is 4.79 Å². The fourth-order valence-electron chi connectivity index (χ4n) is 2.09. The lowest BCUT2D eigenvalue weighted by Gasteiger charge is -2.35. The standard InChI is InChI=1S/C12H25N3O/c1-4-10(13)8-12(16)14-11-5-6-15(3)9(2)7-11/h9-11H,4-8,13H2,1-3H3,(H,14,16). The molecule has 4 heteroatoms. The summed E-state index contributed by atoms with van der Waals surface area (Å²) in [5, 5.41) is 3.09. The summed E-state index contributed by atoms with van der Waals surface area (Å²) < 4.78 is 0. The van der Waals surface area contributed by atoms with Gasteiger partial charge in [-0.1, -0.05) is 6.92 Å². The zero-order chi connectivity index (χ0) is 12.1. The van der Waals surface area contributed by atoms with E-state index in [0.717, 1.165) is 25.8 Å². The molecule has 4 nitrogen and oxygen atoms in total. The summed E-state index contributed by atoms with van der Waals surface area (Å²) in [6.45, 7) is 5.28. The lowest BCUT2D eigenvalue weighted by molar-refractivity contribution is -0.122. The first kappa shape index (κ1) is 13.5. The van der Waals surface area contributed by atoms with Gasteiger partial charge in [-0.2, -0.15) is 0 Å². The van der Waals surface area contributed by atoms with Gasteiger partial charge in [0.25, 0.3) is 0 Å². The molecule has 1 heterocycles. The molecule has 1 fully saturated rings. The Hall–Kier alpha value is -0.610. The van der Waals surface area contributed by atoms with Crippen molar-refractivity contribution in [2.24, 2.45) is 5.73 Å². The molecule has 16 heavy (non-hydrogen) atoms. The lowest BCUT2D eigenvalue weighted by atomic mass is 9.98. The van der Waals surface area contributed by atoms with Crippen molar-refractivity contribution in [3.8, 4) is 0 Å². The minimum absolute atomic E-state index is 0.00341. The van der Waals surface area contributed by atoms with Crippen LogP contribution in [0.1, 0.15) is 39.5 Å². The van der Waals surface area contributed by atoms with Crippen LogP contribution in [-0.4, -0.2) is 42.5 Å². The van der Waals surface area contributed by atoms with Crippen LogP contribution in [-0.2, 0) is 4.79 Å². The Morgan fingerprint density at radius 2 is 2.31 bits per heavy atom. The van der Waals surface area contributed by atoms with Crippen molar-refractivity contribution in [3.05, 3.63) is 0 Å². The number of nitrogens with zero attached hydrogens (tertiary/aromatic N) is 1. The number of carbonyl (C=O) groups is 1. The summed E-state index contributed by atoms with van der Waals surface area (Å²) in [7, 11) is 2.13. The number of likely N-dealkylation sites (tertiary alicyclic amines) is 1. The molecule has 0 saturated carbocycles. The average Bonchev–Trinajstić information content (AvgIpc) is 2.23. The molecule has 0 aromatic rings. The Kier molecular flexibility index (Phi) is 5.22. The monoisotopic (exact) mass is 227 g/mol. The Balaban J connectivity index is 2.29. The average molecular weight is 227 g/mol. The Morgan fingerprint density at radius 1 is 1.62 bits per heavy atom. The Morgan fingerprint density at radius 3 is 2.88 bits per heavy atom. The van der Waals surface area contributed by atoms with Crippen molar-refractivity contribution in [2.45, 2.75) is 57.7 Å². The molecule has 1 amide bonds. The van der Waals surface area contributed by atoms with E-state index in [-0.39, 0.29) is 11.9 Å². The van der Waals surface area contributed by atoms with E-state index in [1.54, 1.807) is 0 Å². The fraction of sp³-hybridized carbons (Fsp3) is 0.917. The summed E-state index contributed by atoms with van der Waals surface area (Å²) in [6.07, 6.45) is 3.41. The molecule has 0 aromatic carbocycles. The van der Waals surface area contributed by atoms with E-state index in [2.05, 4.69) is 24.2 Å². The van der Waals surface area contributed by atoms with Crippen LogP contribution < -0.4 is 11.1 Å². The second-order valence-electron chi connectivity index (χ2n) is 4.99. The highest BCUT2D eigenvalue weighted by atomic mass is 16.1. The molecule has 0 aliphatic carbocycles. The summed E-state index contributed by atoms with van der Waals surface area (Å²) in [5.74, 6) is 0.108. The third-order valence-corrected chi connectivity index (χ3v) is 3.55. The van der Waals surface area contributed by atoms with Crippen molar-refractivity contribution < 1.29 is 4.79 Å². The number of rotatable bonds is 4. The summed E-state index contributed by atoms with van der Waals surface area (Å²) >= 11 is 0. The van der Waals surface area contributed by atoms with E-state index >= 15 is 0 Å². The van der Waals surface area contributed by atoms with Gasteiger partial charge in [0.2, 0.25) is 5.91 Å². The normalized spacial score (nSPS) is 28.8. The molecule has 0 radical (unpaired) electrons. The maximum Gasteiger partial charge on any atom is 0.221 e. The van der Waals surface area contributed by atoms with Crippen LogP contribution >= 0.6 is 0 Å². The molecule has 1 aliphatic heterocycles. The maximum absolute atomic E-state index is 11.7. The van der Waals surface area contributed by atoms with Crippen LogP contribution in [0.15, 0.2) is 0 Å². The zero-order valence-corrected chi connectivity index (χ0v) is 10.7. The third-order valence-electron chi connectivity index (χ3n) is 3.55. The van der Waals surface area contributed by atoms with Crippen molar-refractivity contribution in [3.63, 3.8) is 0 Å². The van der Waals surface area contributed by atoms with E-state index in [4.69, 9.17) is 5.73 Å². The lowest BCUT2D eigenvalue weighted by Crippen LogP contribution is -2.48. The molecule has 1 saturated heterocycles. The van der Waals surface area contributed by atoms with Gasteiger partial charge in [-0.05, 0) is 33.2 Å². The molecule has 3 N–H and O–H groups in total. The van der Waals surface area contributed by atoms with Gasteiger partial charge in [0.1, 0.15) is 0 Å². The number of nitrogens with two attached hydrogens (primary N) is 1. The number of carbonyl (C=O) groups excluding carboxylic acids is 1. The van der Waals surface area contributed by atoms with Gasteiger partial charge in [-0.25, -0.2) is 0 Å². The van der Waals surface area contributed by atoms with Crippen LogP contribution in [0.25, 0.3) is 0 Å². The molecule has 0 spiro atoms. The van der Waals surface area contributed by atoms with Crippen molar-refractivity contribution in [1.82, 2.24) is 10.2 Å². The van der Waals surface area contributed by atoms with Crippen LogP contribution in [0.3, 0.4) is 0 Å². The van der Waals surface area contributed by atoms with Crippen molar-refractivity contribution in [2.75, 3.05) is 13.6 Å². The largest absolute Gasteiger partial charge is 0.353 e. The van der Waals surface area contributed by atoms with Gasteiger partial charge in [0.15, 0.2) is 0 Å². The molecule has 1 rings (SSSR count). The number of hydrogen-bond donors (Lipinski definition) is 2. The van der Waals surface area contributed by atoms with Crippen molar-refractivity contribution >= 4 is 5.91 Å². The minimum Gasteiger partial charge on any atom is -0.353 e. The molecule has 0 aromatic heterocycles. The van der Waals surface area contributed by atoms with Gasteiger partial charge in [-0.15, -0.1) is 0 Å². The van der Waals surface area contributed by atoms with Crippen LogP contribution in [0.2, 0.25) is 0 Å². The second kappa shape index (κ2) is 6.21. The van der Waals surface area contributed by atoms with E-state index < -0.39 is 0 Å². The van der Waals surface area contributed by atoms with E-state index in [9.17, 15) is 4.79 Å². The van der Waals surface area contributed by atoms with Crippen LogP contribution in [0.5, 0.6) is 0 Å². The number of amides is 1. The van der Waals surface area contributed by atoms with Gasteiger partial charge >= 0.3 is 0 Å². The first-order chi connectivity index (χ1) is 7.52. The van der Waals surface area contributed by atoms with Crippen LogP contribution in [0.4, 0.5) is 0 Å². The highest BCUT2D eigenvalue weighted by Gasteiger charge is 2.24. The van der Waals surface area contributed by atoms with Gasteiger partial charge in [0.05, 0.1) is 0 Å². The maximum atomic E-state index is 11.7. The number of hydrogen-bond acceptors (Lipinski definition) is 3. The van der Waals surface area contributed by atoms with Crippen molar-refractivity contribution in [1.29, 1.82) is 0 Å². The topological polar surface area (TPSA) is 58.4 Å². The highest BCUT2D eigenvalue weighted by Crippen LogP contribution is 2.15. The molecule has 1 aliphatic rings. The molecular formula is C12H25N3O. The molecular weight excluding hydrogens is 202 g/mol. The quantitative estimate of drug-likeness (QED) is 0.744. The Bertz CT molecular complexity index is 232. The molecule has 94 valence electrons. The first-order valence-electron chi connectivity index (χ1n) is 6.28. The third kappa shape index (κ3) is 4.10. The first-order valence-corrected chi connectivity index (χ1v) is 6.28. The molecule has 0 bridgehead atoms. The fourth-order valence-corrected chi connectivity index (χ4v) is 2.09. The van der Waals surface area contributed by atoms with Crippen LogP contribution in [0, 0.1) is 0 Å². The summed E-state index contributed by atoms with van der Waals surface area (Å²) in [5.41, 5.74) is 5.76. The van der Waals surface area contributed by atoms with Gasteiger partial charge in [0, 0.05) is 31.1 Å². The predicted octanol–water partition coefficient (Wildman–Crippen LogP) is 0.713. The summed E-state index contributed by atoms with van der Waals surface area (Å²) in [4.78, 5) is 14.0.